The predicted molar refractivity (Wildman–Crippen MR) is 112 cm³/mol. The standard InChI is InChI=1S/C21H24N2O7/c1-2-11-29-12-5-3-4-6-13-30-21-10-8-17(15-19(21)23(27)28)16-7-9-20(24)18(14-16)22(25)26/h2,7-10,14-15,24H,1,3-6,11-13H2. The van der Waals surface area contributed by atoms with E-state index in [0.717, 1.165) is 25.7 Å². The quantitative estimate of drug-likeness (QED) is 0.210. The van der Waals surface area contributed by atoms with Crippen molar-refractivity contribution >= 4 is 11.4 Å². The van der Waals surface area contributed by atoms with Gasteiger partial charge in [0.25, 0.3) is 0 Å². The van der Waals surface area contributed by atoms with Gasteiger partial charge in [0, 0.05) is 18.7 Å². The maximum absolute atomic E-state index is 11.5. The molecule has 2 aromatic carbocycles. The lowest BCUT2D eigenvalue weighted by Gasteiger charge is -2.09. The van der Waals surface area contributed by atoms with Gasteiger partial charge >= 0.3 is 11.4 Å². The van der Waals surface area contributed by atoms with Crippen molar-refractivity contribution in [3.63, 3.8) is 0 Å². The highest BCUT2D eigenvalue weighted by Crippen LogP contribution is 2.36. The molecule has 2 aromatic rings. The summed E-state index contributed by atoms with van der Waals surface area (Å²) in [5.41, 5.74) is 0.107. The zero-order valence-corrected chi connectivity index (χ0v) is 16.5. The Morgan fingerprint density at radius 1 is 0.900 bits per heavy atom. The van der Waals surface area contributed by atoms with E-state index in [1.165, 1.54) is 30.3 Å². The van der Waals surface area contributed by atoms with Crippen molar-refractivity contribution in [1.82, 2.24) is 0 Å². The minimum absolute atomic E-state index is 0.145. The van der Waals surface area contributed by atoms with Crippen LogP contribution in [0.5, 0.6) is 11.5 Å². The molecule has 0 saturated heterocycles. The van der Waals surface area contributed by atoms with Crippen LogP contribution in [-0.4, -0.2) is 34.8 Å². The van der Waals surface area contributed by atoms with Crippen LogP contribution in [0.2, 0.25) is 0 Å². The molecule has 0 aliphatic rings. The van der Waals surface area contributed by atoms with E-state index in [2.05, 4.69) is 6.58 Å². The molecular weight excluding hydrogens is 392 g/mol. The lowest BCUT2D eigenvalue weighted by Crippen LogP contribution is -2.01. The van der Waals surface area contributed by atoms with Crippen LogP contribution < -0.4 is 4.74 Å². The maximum atomic E-state index is 11.5. The average molecular weight is 416 g/mol. The van der Waals surface area contributed by atoms with Gasteiger partial charge in [-0.25, -0.2) is 0 Å². The van der Waals surface area contributed by atoms with E-state index in [0.29, 0.717) is 30.9 Å². The van der Waals surface area contributed by atoms with E-state index < -0.39 is 21.3 Å². The number of nitrogens with zero attached hydrogens (tertiary/aromatic N) is 2. The monoisotopic (exact) mass is 416 g/mol. The molecule has 160 valence electrons. The van der Waals surface area contributed by atoms with Crippen LogP contribution in [-0.2, 0) is 4.74 Å². The van der Waals surface area contributed by atoms with Gasteiger partial charge in [0.2, 0.25) is 0 Å². The number of unbranched alkanes of at least 4 members (excludes halogenated alkanes) is 3. The third-order valence-electron chi connectivity index (χ3n) is 4.34. The van der Waals surface area contributed by atoms with Crippen LogP contribution in [0.15, 0.2) is 49.1 Å². The van der Waals surface area contributed by atoms with Crippen LogP contribution >= 0.6 is 0 Å². The molecule has 0 spiro atoms. The second-order valence-electron chi connectivity index (χ2n) is 6.53. The van der Waals surface area contributed by atoms with Crippen LogP contribution in [0, 0.1) is 20.2 Å². The fourth-order valence-electron chi connectivity index (χ4n) is 2.82. The van der Waals surface area contributed by atoms with Gasteiger partial charge in [-0.2, -0.15) is 0 Å². The number of hydrogen-bond donors (Lipinski definition) is 1. The highest BCUT2D eigenvalue weighted by Gasteiger charge is 2.19. The first-order chi connectivity index (χ1) is 14.4. The molecule has 0 aliphatic carbocycles. The van der Waals surface area contributed by atoms with Gasteiger partial charge in [-0.1, -0.05) is 24.6 Å². The molecule has 0 aromatic heterocycles. The van der Waals surface area contributed by atoms with E-state index in [-0.39, 0.29) is 11.4 Å². The molecule has 0 fully saturated rings. The van der Waals surface area contributed by atoms with E-state index >= 15 is 0 Å². The third kappa shape index (κ3) is 6.56. The van der Waals surface area contributed by atoms with E-state index in [4.69, 9.17) is 9.47 Å². The summed E-state index contributed by atoms with van der Waals surface area (Å²) < 4.78 is 10.9. The van der Waals surface area contributed by atoms with Gasteiger partial charge in [0.15, 0.2) is 11.5 Å². The van der Waals surface area contributed by atoms with Crippen molar-refractivity contribution in [2.45, 2.75) is 25.7 Å². The Labute approximate surface area is 173 Å². The SMILES string of the molecule is C=CCOCCCCCCOc1ccc(-c2ccc(O)c([N+](=O)[O-])c2)cc1[N+](=O)[O-]. The Bertz CT molecular complexity index is 899. The Morgan fingerprint density at radius 2 is 1.50 bits per heavy atom. The average Bonchev–Trinajstić information content (AvgIpc) is 2.72. The van der Waals surface area contributed by atoms with Crippen molar-refractivity contribution in [3.05, 3.63) is 69.3 Å². The Balaban J connectivity index is 1.99. The second kappa shape index (κ2) is 11.5. The van der Waals surface area contributed by atoms with E-state index in [1.807, 2.05) is 0 Å². The number of phenols is 1. The molecule has 30 heavy (non-hydrogen) atoms. The summed E-state index contributed by atoms with van der Waals surface area (Å²) in [5.74, 6) is -0.322. The summed E-state index contributed by atoms with van der Waals surface area (Å²) in [6.07, 6.45) is 5.28. The smallest absolute Gasteiger partial charge is 0.311 e. The summed E-state index contributed by atoms with van der Waals surface area (Å²) in [4.78, 5) is 21.2. The number of aromatic hydroxyl groups is 1. The molecular formula is C21H24N2O7. The summed E-state index contributed by atoms with van der Waals surface area (Å²) in [5, 5.41) is 32.0. The summed E-state index contributed by atoms with van der Waals surface area (Å²) in [6.45, 7) is 5.14. The highest BCUT2D eigenvalue weighted by molar-refractivity contribution is 5.72. The summed E-state index contributed by atoms with van der Waals surface area (Å²) in [6, 6.07) is 8.20. The number of nitro groups is 2. The predicted octanol–water partition coefficient (Wildman–Crippen LogP) is 5.02. The number of rotatable bonds is 13. The van der Waals surface area contributed by atoms with Gasteiger partial charge in [-0.3, -0.25) is 20.2 Å². The first kappa shape index (κ1) is 22.8. The Hall–Kier alpha value is -3.46. The molecule has 0 bridgehead atoms. The lowest BCUT2D eigenvalue weighted by atomic mass is 10.0. The number of nitro benzene ring substituents is 2. The molecule has 9 heteroatoms. The fraction of sp³-hybridized carbons (Fsp3) is 0.333. The molecule has 0 atom stereocenters. The van der Waals surface area contributed by atoms with Crippen molar-refractivity contribution in [3.8, 4) is 22.6 Å². The largest absolute Gasteiger partial charge is 0.502 e. The van der Waals surface area contributed by atoms with E-state index in [9.17, 15) is 25.3 Å². The molecule has 2 rings (SSSR count). The minimum Gasteiger partial charge on any atom is -0.502 e. The van der Waals surface area contributed by atoms with Crippen LogP contribution in [0.4, 0.5) is 11.4 Å². The molecule has 0 heterocycles. The second-order valence-corrected chi connectivity index (χ2v) is 6.53. The normalized spacial score (nSPS) is 10.5. The molecule has 0 saturated carbocycles. The van der Waals surface area contributed by atoms with Crippen molar-refractivity contribution < 1.29 is 24.4 Å². The summed E-state index contributed by atoms with van der Waals surface area (Å²) in [7, 11) is 0. The number of benzene rings is 2. The zero-order valence-electron chi connectivity index (χ0n) is 16.5. The molecule has 1 N–H and O–H groups in total. The van der Waals surface area contributed by atoms with Crippen molar-refractivity contribution in [2.24, 2.45) is 0 Å². The van der Waals surface area contributed by atoms with Gasteiger partial charge in [-0.15, -0.1) is 6.58 Å². The zero-order chi connectivity index (χ0) is 21.9. The minimum atomic E-state index is -0.712. The Morgan fingerprint density at radius 3 is 2.13 bits per heavy atom. The van der Waals surface area contributed by atoms with Gasteiger partial charge in [-0.05, 0) is 42.5 Å². The first-order valence-corrected chi connectivity index (χ1v) is 9.51. The Kier molecular flexibility index (Phi) is 8.76. The third-order valence-corrected chi connectivity index (χ3v) is 4.34. The van der Waals surface area contributed by atoms with Crippen LogP contribution in [0.3, 0.4) is 0 Å². The van der Waals surface area contributed by atoms with Crippen LogP contribution in [0.1, 0.15) is 25.7 Å². The molecule has 0 radical (unpaired) electrons. The summed E-state index contributed by atoms with van der Waals surface area (Å²) >= 11 is 0. The number of ether oxygens (including phenoxy) is 2. The molecule has 9 nitrogen and oxygen atoms in total. The first-order valence-electron chi connectivity index (χ1n) is 9.51. The fourth-order valence-corrected chi connectivity index (χ4v) is 2.82. The topological polar surface area (TPSA) is 125 Å². The van der Waals surface area contributed by atoms with Gasteiger partial charge in [0.1, 0.15) is 0 Å². The van der Waals surface area contributed by atoms with Gasteiger partial charge in [0.05, 0.1) is 23.1 Å². The molecule has 0 aliphatic heterocycles. The van der Waals surface area contributed by atoms with Gasteiger partial charge < -0.3 is 14.6 Å². The molecule has 0 amide bonds. The maximum Gasteiger partial charge on any atom is 0.311 e. The van der Waals surface area contributed by atoms with Crippen LogP contribution in [0.25, 0.3) is 11.1 Å². The lowest BCUT2D eigenvalue weighted by molar-refractivity contribution is -0.386. The highest BCUT2D eigenvalue weighted by atomic mass is 16.6. The van der Waals surface area contributed by atoms with E-state index in [1.54, 1.807) is 12.1 Å². The number of phenolic OH excluding ortho intramolecular Hbond substituents is 1. The number of hydrogen-bond acceptors (Lipinski definition) is 7. The van der Waals surface area contributed by atoms with Crippen molar-refractivity contribution in [1.29, 1.82) is 0 Å². The molecule has 0 unspecified atom stereocenters. The van der Waals surface area contributed by atoms with Crippen molar-refractivity contribution in [2.75, 3.05) is 19.8 Å².